The number of nitrogens with zero attached hydrogens (tertiary/aromatic N) is 1. The number of allylic oxidation sites excluding steroid dienone is 1. The second-order valence-corrected chi connectivity index (χ2v) is 5.81. The predicted octanol–water partition coefficient (Wildman–Crippen LogP) is 2.23. The Kier molecular flexibility index (Phi) is 3.75. The third kappa shape index (κ3) is 2.44. The Bertz CT molecular complexity index is 754. The number of hydrogen-bond donors (Lipinski definition) is 1. The Morgan fingerprint density at radius 1 is 1.30 bits per heavy atom. The van der Waals surface area contributed by atoms with Crippen LogP contribution in [0.2, 0.25) is 0 Å². The van der Waals surface area contributed by atoms with E-state index in [0.29, 0.717) is 17.7 Å². The zero-order valence-corrected chi connectivity index (χ0v) is 13.0. The topological polar surface area (TPSA) is 66.5 Å². The Balaban J connectivity index is 2.11. The highest BCUT2D eigenvalue weighted by molar-refractivity contribution is 6.13. The van der Waals surface area contributed by atoms with Gasteiger partial charge in [0.15, 0.2) is 0 Å². The largest absolute Gasteiger partial charge is 0.295 e. The number of amides is 3. The summed E-state index contributed by atoms with van der Waals surface area (Å²) in [6.45, 7) is 3.84. The van der Waals surface area contributed by atoms with Crippen LogP contribution in [0.4, 0.5) is 4.39 Å². The minimum absolute atomic E-state index is 0.184. The zero-order chi connectivity index (χ0) is 16.7. The maximum atomic E-state index is 13.5. The lowest BCUT2D eigenvalue weighted by molar-refractivity contribution is -0.136. The van der Waals surface area contributed by atoms with Gasteiger partial charge in [0.05, 0.1) is 11.3 Å². The number of carbonyl (C=O) groups is 3. The van der Waals surface area contributed by atoms with Crippen molar-refractivity contribution >= 4 is 23.4 Å². The van der Waals surface area contributed by atoms with Gasteiger partial charge in [-0.2, -0.15) is 0 Å². The smallest absolute Gasteiger partial charge is 0.259 e. The van der Waals surface area contributed by atoms with Crippen molar-refractivity contribution in [1.82, 2.24) is 10.2 Å². The van der Waals surface area contributed by atoms with Crippen molar-refractivity contribution in [2.24, 2.45) is 0 Å². The summed E-state index contributed by atoms with van der Waals surface area (Å²) >= 11 is 0. The van der Waals surface area contributed by atoms with Crippen molar-refractivity contribution in [1.29, 1.82) is 0 Å². The van der Waals surface area contributed by atoms with Crippen molar-refractivity contribution in [2.45, 2.75) is 39.2 Å². The van der Waals surface area contributed by atoms with E-state index >= 15 is 0 Å². The summed E-state index contributed by atoms with van der Waals surface area (Å²) in [6, 6.07) is 3.34. The number of carbonyl (C=O) groups excluding carboxylic acids is 3. The van der Waals surface area contributed by atoms with Crippen LogP contribution in [0.1, 0.15) is 49.0 Å². The van der Waals surface area contributed by atoms with Gasteiger partial charge in [-0.1, -0.05) is 6.92 Å². The van der Waals surface area contributed by atoms with E-state index in [0.717, 1.165) is 5.57 Å². The van der Waals surface area contributed by atoms with Crippen LogP contribution >= 0.6 is 0 Å². The average Bonchev–Trinajstić information content (AvgIpc) is 2.79. The van der Waals surface area contributed by atoms with Gasteiger partial charge in [-0.25, -0.2) is 4.39 Å². The lowest BCUT2D eigenvalue weighted by atomic mass is 10.0. The molecule has 1 unspecified atom stereocenters. The first-order valence-corrected chi connectivity index (χ1v) is 7.61. The molecule has 3 rings (SSSR count). The van der Waals surface area contributed by atoms with Gasteiger partial charge in [0.25, 0.3) is 5.91 Å². The third-order valence-corrected chi connectivity index (χ3v) is 4.38. The van der Waals surface area contributed by atoms with E-state index in [4.69, 9.17) is 0 Å². The van der Waals surface area contributed by atoms with E-state index in [2.05, 4.69) is 5.32 Å². The summed E-state index contributed by atoms with van der Waals surface area (Å²) in [5.41, 5.74) is 2.49. The van der Waals surface area contributed by atoms with Crippen molar-refractivity contribution in [3.63, 3.8) is 0 Å². The Labute approximate surface area is 133 Å². The molecule has 1 aromatic carbocycles. The SMILES string of the molecule is CC/C(C)=C1\c2ccc(F)cc2C(=O)N1C1CCC(=O)NC1=O. The van der Waals surface area contributed by atoms with Crippen LogP contribution in [0.25, 0.3) is 5.70 Å². The molecule has 0 aliphatic carbocycles. The van der Waals surface area contributed by atoms with Crippen LogP contribution in [-0.2, 0) is 9.59 Å². The van der Waals surface area contributed by atoms with Gasteiger partial charge in [0, 0.05) is 12.0 Å². The molecule has 2 aliphatic heterocycles. The first kappa shape index (κ1) is 15.4. The van der Waals surface area contributed by atoms with Crippen LogP contribution < -0.4 is 5.32 Å². The fourth-order valence-corrected chi connectivity index (χ4v) is 3.09. The van der Waals surface area contributed by atoms with Crippen LogP contribution in [-0.4, -0.2) is 28.7 Å². The van der Waals surface area contributed by atoms with E-state index in [1.54, 1.807) is 6.07 Å². The molecule has 0 radical (unpaired) electrons. The van der Waals surface area contributed by atoms with E-state index in [1.807, 2.05) is 13.8 Å². The number of piperidine rings is 1. The second kappa shape index (κ2) is 5.61. The number of rotatable bonds is 2. The highest BCUT2D eigenvalue weighted by Crippen LogP contribution is 2.38. The number of nitrogens with one attached hydrogen (secondary N) is 1. The summed E-state index contributed by atoms with van der Waals surface area (Å²) < 4.78 is 13.5. The fraction of sp³-hybridized carbons (Fsp3) is 0.353. The molecule has 5 nitrogen and oxygen atoms in total. The van der Waals surface area contributed by atoms with Crippen molar-refractivity contribution in [2.75, 3.05) is 0 Å². The molecular weight excluding hydrogens is 299 g/mol. The molecule has 0 saturated carbocycles. The highest BCUT2D eigenvalue weighted by Gasteiger charge is 2.42. The number of fused-ring (bicyclic) bond motifs is 1. The van der Waals surface area contributed by atoms with Gasteiger partial charge < -0.3 is 0 Å². The number of halogens is 1. The van der Waals surface area contributed by atoms with E-state index < -0.39 is 23.7 Å². The first-order chi connectivity index (χ1) is 10.9. The summed E-state index contributed by atoms with van der Waals surface area (Å²) in [6.07, 6.45) is 1.15. The fourth-order valence-electron chi connectivity index (χ4n) is 3.09. The van der Waals surface area contributed by atoms with Crippen molar-refractivity contribution < 1.29 is 18.8 Å². The molecular formula is C17H17FN2O3. The van der Waals surface area contributed by atoms with Crippen LogP contribution in [0.5, 0.6) is 0 Å². The Morgan fingerprint density at radius 2 is 2.04 bits per heavy atom. The lowest BCUT2D eigenvalue weighted by Gasteiger charge is -2.31. The maximum absolute atomic E-state index is 13.5. The molecule has 0 aromatic heterocycles. The first-order valence-electron chi connectivity index (χ1n) is 7.61. The molecule has 0 spiro atoms. The van der Waals surface area contributed by atoms with Gasteiger partial charge in [0.1, 0.15) is 11.9 Å². The van der Waals surface area contributed by atoms with Crippen molar-refractivity contribution in [3.05, 3.63) is 40.7 Å². The lowest BCUT2D eigenvalue weighted by Crippen LogP contribution is -2.52. The zero-order valence-electron chi connectivity index (χ0n) is 13.0. The molecule has 120 valence electrons. The molecule has 1 atom stereocenters. The Hall–Kier alpha value is -2.50. The van der Waals surface area contributed by atoms with Gasteiger partial charge in [0.2, 0.25) is 11.8 Å². The van der Waals surface area contributed by atoms with Crippen LogP contribution in [0.3, 0.4) is 0 Å². The highest BCUT2D eigenvalue weighted by atomic mass is 19.1. The third-order valence-electron chi connectivity index (χ3n) is 4.38. The summed E-state index contributed by atoms with van der Waals surface area (Å²) in [5.74, 6) is -1.70. The monoisotopic (exact) mass is 316 g/mol. The minimum Gasteiger partial charge on any atom is -0.295 e. The minimum atomic E-state index is -0.743. The summed E-state index contributed by atoms with van der Waals surface area (Å²) in [4.78, 5) is 37.7. The normalized spacial score (nSPS) is 23.0. The number of hydrogen-bond acceptors (Lipinski definition) is 3. The molecule has 3 amide bonds. The molecule has 2 heterocycles. The van der Waals surface area contributed by atoms with Crippen LogP contribution in [0.15, 0.2) is 23.8 Å². The predicted molar refractivity (Wildman–Crippen MR) is 81.6 cm³/mol. The second-order valence-electron chi connectivity index (χ2n) is 5.81. The van der Waals surface area contributed by atoms with Gasteiger partial charge in [-0.05, 0) is 43.5 Å². The molecule has 1 N–H and O–H groups in total. The molecule has 23 heavy (non-hydrogen) atoms. The van der Waals surface area contributed by atoms with Gasteiger partial charge in [-0.15, -0.1) is 0 Å². The van der Waals surface area contributed by atoms with Crippen LogP contribution in [0, 0.1) is 5.82 Å². The summed E-state index contributed by atoms with van der Waals surface area (Å²) in [5, 5.41) is 2.27. The van der Waals surface area contributed by atoms with E-state index in [9.17, 15) is 18.8 Å². The molecule has 2 aliphatic rings. The molecule has 1 saturated heterocycles. The average molecular weight is 316 g/mol. The maximum Gasteiger partial charge on any atom is 0.259 e. The molecule has 0 bridgehead atoms. The van der Waals surface area contributed by atoms with E-state index in [-0.39, 0.29) is 24.3 Å². The number of imide groups is 1. The van der Waals surface area contributed by atoms with Crippen molar-refractivity contribution in [3.8, 4) is 0 Å². The number of benzene rings is 1. The van der Waals surface area contributed by atoms with Gasteiger partial charge >= 0.3 is 0 Å². The quantitative estimate of drug-likeness (QED) is 0.851. The molecule has 6 heteroatoms. The molecule has 1 aromatic rings. The standard InChI is InChI=1S/C17H17FN2O3/c1-3-9(2)15-11-5-4-10(18)8-12(11)17(23)20(15)13-6-7-14(21)19-16(13)22/h4-5,8,13H,3,6-7H2,1-2H3,(H,19,21,22)/b15-9+. The Morgan fingerprint density at radius 3 is 2.70 bits per heavy atom. The van der Waals surface area contributed by atoms with E-state index in [1.165, 1.54) is 17.0 Å². The summed E-state index contributed by atoms with van der Waals surface area (Å²) in [7, 11) is 0. The molecule has 1 fully saturated rings. The van der Waals surface area contributed by atoms with Gasteiger partial charge in [-0.3, -0.25) is 24.6 Å².